The summed E-state index contributed by atoms with van der Waals surface area (Å²) < 4.78 is 29.9. The number of ether oxygens (including phenoxy) is 1. The summed E-state index contributed by atoms with van der Waals surface area (Å²) in [4.78, 5) is 2.82. The second kappa shape index (κ2) is 7.13. The molecule has 2 aromatic carbocycles. The van der Waals surface area contributed by atoms with Gasteiger partial charge in [-0.05, 0) is 54.8 Å². The summed E-state index contributed by atoms with van der Waals surface area (Å²) in [5.41, 5.74) is 2.12. The van der Waals surface area contributed by atoms with Crippen molar-refractivity contribution in [3.63, 3.8) is 0 Å². The Hall–Kier alpha value is -1.31. The molecule has 154 valence electrons. The fourth-order valence-corrected chi connectivity index (χ4v) is 6.18. The molecular formula is C21H22Cl2N2O3S. The van der Waals surface area contributed by atoms with Crippen molar-refractivity contribution in [2.45, 2.75) is 42.0 Å². The maximum Gasteiger partial charge on any atom is 0.175 e. The van der Waals surface area contributed by atoms with Gasteiger partial charge in [0, 0.05) is 47.0 Å². The Morgan fingerprint density at radius 3 is 2.55 bits per heavy atom. The Balaban J connectivity index is 1.49. The van der Waals surface area contributed by atoms with Crippen molar-refractivity contribution in [3.05, 3.63) is 57.6 Å². The molecule has 2 aromatic rings. The van der Waals surface area contributed by atoms with Crippen molar-refractivity contribution >= 4 is 33.0 Å². The summed E-state index contributed by atoms with van der Waals surface area (Å²) >= 11 is 12.8. The number of hydrogen-bond acceptors (Lipinski definition) is 5. The molecule has 2 aliphatic heterocycles. The molecule has 3 aliphatic rings. The van der Waals surface area contributed by atoms with Gasteiger partial charge in [0.2, 0.25) is 0 Å². The van der Waals surface area contributed by atoms with Gasteiger partial charge in [-0.3, -0.25) is 4.90 Å². The van der Waals surface area contributed by atoms with Gasteiger partial charge in [-0.15, -0.1) is 0 Å². The molecule has 8 heteroatoms. The molecule has 2 saturated heterocycles. The lowest BCUT2D eigenvalue weighted by Crippen LogP contribution is -2.50. The van der Waals surface area contributed by atoms with E-state index in [4.69, 9.17) is 27.9 Å². The van der Waals surface area contributed by atoms with E-state index in [2.05, 4.69) is 10.2 Å². The van der Waals surface area contributed by atoms with Crippen LogP contribution in [0, 0.1) is 0 Å². The van der Waals surface area contributed by atoms with E-state index in [1.807, 2.05) is 6.07 Å². The van der Waals surface area contributed by atoms with Gasteiger partial charge >= 0.3 is 0 Å². The minimum Gasteiger partial charge on any atom is -0.484 e. The number of rotatable bonds is 4. The zero-order valence-corrected chi connectivity index (χ0v) is 18.3. The minimum absolute atomic E-state index is 0.174. The van der Waals surface area contributed by atoms with Crippen LogP contribution in [0.15, 0.2) is 41.3 Å². The highest BCUT2D eigenvalue weighted by atomic mass is 35.5. The van der Waals surface area contributed by atoms with Crippen molar-refractivity contribution in [2.24, 2.45) is 0 Å². The Labute approximate surface area is 180 Å². The zero-order valence-electron chi connectivity index (χ0n) is 15.9. The van der Waals surface area contributed by atoms with Crippen LogP contribution in [-0.4, -0.2) is 50.8 Å². The van der Waals surface area contributed by atoms with E-state index in [0.29, 0.717) is 27.9 Å². The van der Waals surface area contributed by atoms with Crippen LogP contribution < -0.4 is 10.1 Å². The average molecular weight is 453 g/mol. The fourth-order valence-electron chi connectivity index (χ4n) is 4.96. The number of piperazine rings is 1. The number of benzene rings is 2. The Kier molecular flexibility index (Phi) is 4.83. The normalized spacial score (nSPS) is 28.7. The highest BCUT2D eigenvalue weighted by Gasteiger charge is 2.47. The molecule has 2 heterocycles. The van der Waals surface area contributed by atoms with E-state index in [1.54, 1.807) is 30.3 Å². The van der Waals surface area contributed by atoms with Crippen molar-refractivity contribution < 1.29 is 13.2 Å². The van der Waals surface area contributed by atoms with Crippen LogP contribution in [0.3, 0.4) is 0 Å². The molecule has 5 rings (SSSR count). The van der Waals surface area contributed by atoms with Gasteiger partial charge in [-0.2, -0.15) is 0 Å². The SMILES string of the molecule is CS(=O)(=O)c1ccc(O[C@H]2c3cc(Cl)cc(Cl)c3C[C@@H]2N2C[C@@H]3C[C@H]2CN3)cc1. The predicted octanol–water partition coefficient (Wildman–Crippen LogP) is 3.49. The number of halogens is 2. The van der Waals surface area contributed by atoms with E-state index >= 15 is 0 Å². The van der Waals surface area contributed by atoms with E-state index in [1.165, 1.54) is 6.26 Å². The van der Waals surface area contributed by atoms with Crippen LogP contribution >= 0.6 is 23.2 Å². The molecule has 5 nitrogen and oxygen atoms in total. The fraction of sp³-hybridized carbons (Fsp3) is 0.429. The molecule has 0 saturated carbocycles. The molecule has 2 bridgehead atoms. The lowest BCUT2D eigenvalue weighted by atomic mass is 10.1. The van der Waals surface area contributed by atoms with Gasteiger partial charge in [0.15, 0.2) is 9.84 Å². The van der Waals surface area contributed by atoms with Gasteiger partial charge < -0.3 is 10.1 Å². The van der Waals surface area contributed by atoms with Crippen LogP contribution in [0.2, 0.25) is 10.0 Å². The first-order chi connectivity index (χ1) is 13.8. The molecule has 1 N–H and O–H groups in total. The number of nitrogens with one attached hydrogen (secondary N) is 1. The van der Waals surface area contributed by atoms with Crippen molar-refractivity contribution in [1.82, 2.24) is 10.2 Å². The van der Waals surface area contributed by atoms with Crippen LogP contribution in [0.1, 0.15) is 23.7 Å². The lowest BCUT2D eigenvalue weighted by molar-refractivity contribution is 0.0614. The monoisotopic (exact) mass is 452 g/mol. The van der Waals surface area contributed by atoms with Gasteiger partial charge in [0.25, 0.3) is 0 Å². The summed E-state index contributed by atoms with van der Waals surface area (Å²) in [5, 5.41) is 4.83. The highest BCUT2D eigenvalue weighted by Crippen LogP contribution is 2.44. The Bertz CT molecular complexity index is 1060. The van der Waals surface area contributed by atoms with E-state index in [-0.39, 0.29) is 17.0 Å². The number of fused-ring (bicyclic) bond motifs is 3. The molecule has 0 amide bonds. The van der Waals surface area contributed by atoms with E-state index in [0.717, 1.165) is 37.1 Å². The number of hydrogen-bond donors (Lipinski definition) is 1. The van der Waals surface area contributed by atoms with Gasteiger partial charge in [-0.1, -0.05) is 23.2 Å². The quantitative estimate of drug-likeness (QED) is 0.768. The Morgan fingerprint density at radius 2 is 1.93 bits per heavy atom. The third-order valence-electron chi connectivity index (χ3n) is 6.30. The summed E-state index contributed by atoms with van der Waals surface area (Å²) in [7, 11) is -3.24. The van der Waals surface area contributed by atoms with Crippen molar-refractivity contribution in [1.29, 1.82) is 0 Å². The molecule has 4 atom stereocenters. The number of sulfone groups is 1. The molecule has 0 unspecified atom stereocenters. The number of nitrogens with zero attached hydrogens (tertiary/aromatic N) is 1. The third-order valence-corrected chi connectivity index (χ3v) is 7.99. The van der Waals surface area contributed by atoms with Crippen LogP contribution in [-0.2, 0) is 16.3 Å². The maximum atomic E-state index is 11.7. The van der Waals surface area contributed by atoms with Gasteiger partial charge in [0.05, 0.1) is 10.9 Å². The van der Waals surface area contributed by atoms with Crippen LogP contribution in [0.4, 0.5) is 0 Å². The topological polar surface area (TPSA) is 58.6 Å². The molecule has 29 heavy (non-hydrogen) atoms. The van der Waals surface area contributed by atoms with Crippen molar-refractivity contribution in [3.8, 4) is 5.75 Å². The molecule has 1 aliphatic carbocycles. The minimum atomic E-state index is -3.24. The molecular weight excluding hydrogens is 431 g/mol. The van der Waals surface area contributed by atoms with E-state index < -0.39 is 9.84 Å². The van der Waals surface area contributed by atoms with Gasteiger partial charge in [-0.25, -0.2) is 8.42 Å². The maximum absolute atomic E-state index is 11.7. The van der Waals surface area contributed by atoms with Gasteiger partial charge in [0.1, 0.15) is 11.9 Å². The summed E-state index contributed by atoms with van der Waals surface area (Å²) in [5.74, 6) is 0.638. The first-order valence-corrected chi connectivity index (χ1v) is 12.4. The zero-order chi connectivity index (χ0) is 20.3. The van der Waals surface area contributed by atoms with E-state index in [9.17, 15) is 8.42 Å². The second-order valence-corrected chi connectivity index (χ2v) is 11.1. The lowest BCUT2D eigenvalue weighted by Gasteiger charge is -2.36. The van der Waals surface area contributed by atoms with Crippen molar-refractivity contribution in [2.75, 3.05) is 19.3 Å². The average Bonchev–Trinajstić information content (AvgIpc) is 3.36. The highest BCUT2D eigenvalue weighted by molar-refractivity contribution is 7.90. The first-order valence-electron chi connectivity index (χ1n) is 9.73. The summed E-state index contributed by atoms with van der Waals surface area (Å²) in [6.07, 6.45) is 2.98. The molecule has 0 aromatic heterocycles. The molecule has 2 fully saturated rings. The summed E-state index contributed by atoms with van der Waals surface area (Å²) in [6.45, 7) is 2.00. The standard InChI is InChI=1S/C21H22Cl2N2O3S/c1-29(26,27)16-4-2-15(3-5-16)28-21-18-6-12(22)7-19(23)17(18)9-20(21)25-11-13-8-14(25)10-24-13/h2-7,13-14,20-21,24H,8-11H2,1H3/t13-,14-,20-,21-/m0/s1. The summed E-state index contributed by atoms with van der Waals surface area (Å²) in [6, 6.07) is 11.6. The smallest absolute Gasteiger partial charge is 0.175 e. The van der Waals surface area contributed by atoms with Crippen LogP contribution in [0.5, 0.6) is 5.75 Å². The molecule has 0 spiro atoms. The Morgan fingerprint density at radius 1 is 1.17 bits per heavy atom. The third kappa shape index (κ3) is 3.55. The number of likely N-dealkylation sites (tertiary alicyclic amines) is 1. The second-order valence-electron chi connectivity index (χ2n) is 8.20. The molecule has 0 radical (unpaired) electrons. The largest absolute Gasteiger partial charge is 0.484 e. The van der Waals surface area contributed by atoms with Crippen LogP contribution in [0.25, 0.3) is 0 Å². The predicted molar refractivity (Wildman–Crippen MR) is 114 cm³/mol. The first kappa shape index (κ1) is 19.6.